The molecule has 6 atom stereocenters. The average molecular weight is 691 g/mol. The number of nitrogens with one attached hydrogen (secondary N) is 1. The van der Waals surface area contributed by atoms with Gasteiger partial charge >= 0.3 is 23.9 Å². The molecular formula is C36H54N2O11. The summed E-state index contributed by atoms with van der Waals surface area (Å²) in [6.45, 7) is 23.3. The molecule has 0 unspecified atom stereocenters. The van der Waals surface area contributed by atoms with Gasteiger partial charge in [-0.2, -0.15) is 0 Å². The summed E-state index contributed by atoms with van der Waals surface area (Å²) in [6.07, 6.45) is -4.67. The van der Waals surface area contributed by atoms with E-state index in [4.69, 9.17) is 23.7 Å². The molecule has 274 valence electrons. The van der Waals surface area contributed by atoms with Gasteiger partial charge in [0.25, 0.3) is 5.69 Å². The van der Waals surface area contributed by atoms with Crippen LogP contribution in [0.1, 0.15) is 101 Å². The standard InChI is InChI=1S/C36H54N2O11/c1-14-15-23(21-16-18-22(19-17-21)38(43)44)37-28-27(49-32(42)36(11,12)13)26(48-31(41)35(8,9)10)25(47-30(40)34(5,6)7)24(46-28)20-45-29(39)33(2,3)4/h14,16-19,23-28,37H,1,15,20H2,2-13H3/t23-,24+,25-,26-,27+,28+/m0/s1. The van der Waals surface area contributed by atoms with Crippen LogP contribution in [-0.4, -0.2) is 66.1 Å². The topological polar surface area (TPSA) is 170 Å². The van der Waals surface area contributed by atoms with Gasteiger partial charge in [-0.25, -0.2) is 0 Å². The van der Waals surface area contributed by atoms with E-state index >= 15 is 0 Å². The van der Waals surface area contributed by atoms with E-state index < -0.39 is 93.8 Å². The lowest BCUT2D eigenvalue weighted by molar-refractivity contribution is -0.384. The number of esters is 4. The second-order valence-corrected chi connectivity index (χ2v) is 16.4. The van der Waals surface area contributed by atoms with Crippen molar-refractivity contribution in [2.24, 2.45) is 21.7 Å². The summed E-state index contributed by atoms with van der Waals surface area (Å²) in [7, 11) is 0. The van der Waals surface area contributed by atoms with Crippen LogP contribution >= 0.6 is 0 Å². The van der Waals surface area contributed by atoms with Gasteiger partial charge in [0.15, 0.2) is 24.5 Å². The number of rotatable bonds is 11. The highest BCUT2D eigenvalue weighted by molar-refractivity contribution is 5.78. The first kappa shape index (κ1) is 41.3. The zero-order valence-corrected chi connectivity index (χ0v) is 30.9. The average Bonchev–Trinajstić information content (AvgIpc) is 2.96. The quantitative estimate of drug-likeness (QED) is 0.0948. The van der Waals surface area contributed by atoms with Crippen LogP contribution in [0.2, 0.25) is 0 Å². The maximum Gasteiger partial charge on any atom is 0.311 e. The maximum atomic E-state index is 13.5. The molecule has 0 amide bonds. The van der Waals surface area contributed by atoms with Crippen molar-refractivity contribution in [3.8, 4) is 0 Å². The van der Waals surface area contributed by atoms with Crippen molar-refractivity contribution in [3.05, 3.63) is 52.6 Å². The van der Waals surface area contributed by atoms with Crippen LogP contribution in [0.15, 0.2) is 36.9 Å². The summed E-state index contributed by atoms with van der Waals surface area (Å²) in [5.74, 6) is -2.54. The number of carbonyl (C=O) groups excluding carboxylic acids is 4. The Bertz CT molecular complexity index is 1360. The van der Waals surface area contributed by atoms with Crippen molar-refractivity contribution in [2.75, 3.05) is 6.61 Å². The molecule has 1 aromatic rings. The van der Waals surface area contributed by atoms with Crippen molar-refractivity contribution in [2.45, 2.75) is 126 Å². The van der Waals surface area contributed by atoms with Crippen LogP contribution in [0.4, 0.5) is 5.69 Å². The fourth-order valence-corrected chi connectivity index (χ4v) is 4.36. The summed E-state index contributed by atoms with van der Waals surface area (Å²) in [5.41, 5.74) is -3.38. The molecule has 1 saturated heterocycles. The normalized spacial score (nSPS) is 22.3. The Balaban J connectivity index is 2.79. The molecule has 49 heavy (non-hydrogen) atoms. The highest BCUT2D eigenvalue weighted by atomic mass is 16.7. The van der Waals surface area contributed by atoms with E-state index in [9.17, 15) is 29.3 Å². The van der Waals surface area contributed by atoms with E-state index in [0.29, 0.717) is 12.0 Å². The molecule has 1 aliphatic rings. The van der Waals surface area contributed by atoms with Gasteiger partial charge in [0.05, 0.1) is 26.6 Å². The second-order valence-electron chi connectivity index (χ2n) is 16.4. The van der Waals surface area contributed by atoms with Crippen LogP contribution in [0.5, 0.6) is 0 Å². The number of non-ortho nitro benzene ring substituents is 1. The molecule has 1 fully saturated rings. The minimum Gasteiger partial charge on any atom is -0.462 e. The van der Waals surface area contributed by atoms with Gasteiger partial charge in [-0.05, 0) is 95.1 Å². The van der Waals surface area contributed by atoms with E-state index in [0.717, 1.165) is 0 Å². The maximum absolute atomic E-state index is 13.5. The predicted molar refractivity (Wildman–Crippen MR) is 181 cm³/mol. The highest BCUT2D eigenvalue weighted by Gasteiger charge is 2.55. The summed E-state index contributed by atoms with van der Waals surface area (Å²) < 4.78 is 30.3. The van der Waals surface area contributed by atoms with E-state index in [1.807, 2.05) is 0 Å². The minimum absolute atomic E-state index is 0.106. The number of benzene rings is 1. The molecule has 1 aromatic carbocycles. The predicted octanol–water partition coefficient (Wildman–Crippen LogP) is 5.99. The third kappa shape index (κ3) is 11.6. The molecule has 0 bridgehead atoms. The van der Waals surface area contributed by atoms with Crippen LogP contribution in [0.25, 0.3) is 0 Å². The fraction of sp³-hybridized carbons (Fsp3) is 0.667. The Morgan fingerprint density at radius 1 is 0.776 bits per heavy atom. The SMILES string of the molecule is C=CC[C@H](N[C@@H]1O[C@H](COC(=O)C(C)(C)C)[C@H](OC(=O)C(C)(C)C)[C@H](OC(=O)C(C)(C)C)[C@H]1OC(=O)C(C)(C)C)c1ccc([N+](=O)[O-])cc1. The smallest absolute Gasteiger partial charge is 0.311 e. The number of nitro benzene ring substituents is 1. The van der Waals surface area contributed by atoms with Crippen molar-refractivity contribution >= 4 is 29.6 Å². The molecule has 0 aliphatic carbocycles. The molecular weight excluding hydrogens is 636 g/mol. The molecule has 0 radical (unpaired) electrons. The number of carbonyl (C=O) groups is 4. The Kier molecular flexibility index (Phi) is 13.3. The summed E-state index contributed by atoms with van der Waals surface area (Å²) in [6, 6.07) is 5.27. The fourth-order valence-electron chi connectivity index (χ4n) is 4.36. The van der Waals surface area contributed by atoms with E-state index in [1.54, 1.807) is 101 Å². The summed E-state index contributed by atoms with van der Waals surface area (Å²) in [5, 5.41) is 14.6. The number of hydrogen-bond donors (Lipinski definition) is 1. The van der Waals surface area contributed by atoms with Gasteiger partial charge < -0.3 is 23.7 Å². The molecule has 0 saturated carbocycles. The van der Waals surface area contributed by atoms with Crippen LogP contribution in [-0.2, 0) is 42.9 Å². The number of ether oxygens (including phenoxy) is 5. The first-order valence-electron chi connectivity index (χ1n) is 16.3. The molecule has 0 aromatic heterocycles. The van der Waals surface area contributed by atoms with Gasteiger partial charge in [0, 0.05) is 18.2 Å². The Morgan fingerprint density at radius 2 is 1.20 bits per heavy atom. The molecule has 0 spiro atoms. The van der Waals surface area contributed by atoms with Crippen LogP contribution < -0.4 is 5.32 Å². The van der Waals surface area contributed by atoms with Gasteiger partial charge in [0.2, 0.25) is 0 Å². The van der Waals surface area contributed by atoms with Gasteiger partial charge in [-0.3, -0.25) is 34.6 Å². The van der Waals surface area contributed by atoms with Crippen molar-refractivity contribution in [1.29, 1.82) is 0 Å². The molecule has 1 heterocycles. The number of hydrogen-bond acceptors (Lipinski definition) is 12. The third-order valence-corrected chi connectivity index (χ3v) is 7.47. The molecule has 1 aliphatic heterocycles. The third-order valence-electron chi connectivity index (χ3n) is 7.47. The zero-order valence-electron chi connectivity index (χ0n) is 30.9. The van der Waals surface area contributed by atoms with E-state index in [1.165, 1.54) is 12.1 Å². The lowest BCUT2D eigenvalue weighted by Crippen LogP contribution is -2.66. The minimum atomic E-state index is -1.42. The van der Waals surface area contributed by atoms with Crippen LogP contribution in [0, 0.1) is 31.8 Å². The zero-order chi connectivity index (χ0) is 37.7. The van der Waals surface area contributed by atoms with Crippen molar-refractivity contribution in [1.82, 2.24) is 5.32 Å². The summed E-state index contributed by atoms with van der Waals surface area (Å²) in [4.78, 5) is 64.1. The van der Waals surface area contributed by atoms with E-state index in [2.05, 4.69) is 11.9 Å². The first-order chi connectivity index (χ1) is 22.3. The monoisotopic (exact) mass is 690 g/mol. The Hall–Kier alpha value is -3.84. The van der Waals surface area contributed by atoms with E-state index in [-0.39, 0.29) is 5.69 Å². The van der Waals surface area contributed by atoms with Gasteiger partial charge in [-0.15, -0.1) is 6.58 Å². The van der Waals surface area contributed by atoms with Crippen molar-refractivity contribution < 1.29 is 47.8 Å². The second kappa shape index (κ2) is 15.8. The Labute approximate surface area is 289 Å². The summed E-state index contributed by atoms with van der Waals surface area (Å²) >= 11 is 0. The molecule has 2 rings (SSSR count). The molecule has 1 N–H and O–H groups in total. The number of nitrogens with zero attached hydrogens (tertiary/aromatic N) is 1. The molecule has 13 nitrogen and oxygen atoms in total. The highest BCUT2D eigenvalue weighted by Crippen LogP contribution is 2.35. The first-order valence-corrected chi connectivity index (χ1v) is 16.3. The Morgan fingerprint density at radius 3 is 1.61 bits per heavy atom. The van der Waals surface area contributed by atoms with Gasteiger partial charge in [0.1, 0.15) is 12.7 Å². The van der Waals surface area contributed by atoms with Crippen molar-refractivity contribution in [3.63, 3.8) is 0 Å². The molecule has 13 heteroatoms. The number of nitro groups is 1. The lowest BCUT2D eigenvalue weighted by Gasteiger charge is -2.47. The van der Waals surface area contributed by atoms with Gasteiger partial charge in [-0.1, -0.05) is 18.2 Å². The lowest BCUT2D eigenvalue weighted by atomic mass is 9.92. The van der Waals surface area contributed by atoms with Crippen LogP contribution in [0.3, 0.4) is 0 Å². The largest absolute Gasteiger partial charge is 0.462 e.